The summed E-state index contributed by atoms with van der Waals surface area (Å²) in [5, 5.41) is 1.94. The van der Waals surface area contributed by atoms with Crippen LogP contribution in [-0.4, -0.2) is 26.2 Å². The van der Waals surface area contributed by atoms with E-state index in [0.717, 1.165) is 5.56 Å². The molecule has 7 heteroatoms. The lowest BCUT2D eigenvalue weighted by Crippen LogP contribution is -2.26. The first-order chi connectivity index (χ1) is 11.4. The number of carbonyl (C=O) groups is 1. The van der Waals surface area contributed by atoms with Gasteiger partial charge in [0, 0.05) is 12.2 Å². The fourth-order valence-electron chi connectivity index (χ4n) is 2.02. The predicted molar refractivity (Wildman–Crippen MR) is 95.7 cm³/mol. The third-order valence-electron chi connectivity index (χ3n) is 3.34. The standard InChI is InChI=1S/C17H19ClN2O3S/c1-13(18)17(21)20-15-7-9-16(10-8-15)24(22,23)19-12-11-14-5-3-2-4-6-14/h2-10,13,19H,11-12H2,1H3,(H,20,21). The molecule has 1 amide bonds. The first kappa shape index (κ1) is 18.4. The molecule has 0 heterocycles. The zero-order chi connectivity index (χ0) is 17.6. The summed E-state index contributed by atoms with van der Waals surface area (Å²) in [7, 11) is -3.58. The van der Waals surface area contributed by atoms with Crippen molar-refractivity contribution in [3.8, 4) is 0 Å². The molecule has 5 nitrogen and oxygen atoms in total. The second-order valence-electron chi connectivity index (χ2n) is 5.26. The van der Waals surface area contributed by atoms with E-state index in [2.05, 4.69) is 10.0 Å². The number of nitrogens with one attached hydrogen (secondary N) is 2. The molecule has 2 N–H and O–H groups in total. The van der Waals surface area contributed by atoms with Crippen LogP contribution in [0.3, 0.4) is 0 Å². The summed E-state index contributed by atoms with van der Waals surface area (Å²) < 4.78 is 27.1. The Morgan fingerprint density at radius 2 is 1.71 bits per heavy atom. The minimum atomic E-state index is -3.58. The van der Waals surface area contributed by atoms with Crippen LogP contribution >= 0.6 is 11.6 Å². The van der Waals surface area contributed by atoms with Crippen molar-refractivity contribution in [2.24, 2.45) is 0 Å². The highest BCUT2D eigenvalue weighted by molar-refractivity contribution is 7.89. The van der Waals surface area contributed by atoms with Crippen molar-refractivity contribution in [3.63, 3.8) is 0 Å². The van der Waals surface area contributed by atoms with Crippen molar-refractivity contribution in [2.75, 3.05) is 11.9 Å². The van der Waals surface area contributed by atoms with E-state index >= 15 is 0 Å². The zero-order valence-corrected chi connectivity index (χ0v) is 14.8. The lowest BCUT2D eigenvalue weighted by Gasteiger charge is -2.09. The summed E-state index contributed by atoms with van der Waals surface area (Å²) in [6.45, 7) is 1.88. The van der Waals surface area contributed by atoms with E-state index in [1.807, 2.05) is 30.3 Å². The molecule has 2 aromatic rings. The molecule has 2 rings (SSSR count). The van der Waals surface area contributed by atoms with Crippen LogP contribution in [0.25, 0.3) is 0 Å². The number of carbonyl (C=O) groups excluding carboxylic acids is 1. The highest BCUT2D eigenvalue weighted by Gasteiger charge is 2.14. The van der Waals surface area contributed by atoms with Gasteiger partial charge < -0.3 is 5.32 Å². The number of anilines is 1. The summed E-state index contributed by atoms with van der Waals surface area (Å²) >= 11 is 5.67. The Balaban J connectivity index is 1.95. The van der Waals surface area contributed by atoms with Gasteiger partial charge in [0.25, 0.3) is 0 Å². The van der Waals surface area contributed by atoms with E-state index < -0.39 is 15.4 Å². The largest absolute Gasteiger partial charge is 0.325 e. The third-order valence-corrected chi connectivity index (χ3v) is 5.02. The van der Waals surface area contributed by atoms with Gasteiger partial charge in [0.1, 0.15) is 5.38 Å². The Hall–Kier alpha value is -1.89. The lowest BCUT2D eigenvalue weighted by molar-refractivity contribution is -0.115. The average Bonchev–Trinajstić information content (AvgIpc) is 2.56. The van der Waals surface area contributed by atoms with Crippen molar-refractivity contribution < 1.29 is 13.2 Å². The Morgan fingerprint density at radius 1 is 1.08 bits per heavy atom. The van der Waals surface area contributed by atoms with Crippen molar-refractivity contribution in [3.05, 3.63) is 60.2 Å². The van der Waals surface area contributed by atoms with Gasteiger partial charge in [-0.1, -0.05) is 30.3 Å². The molecular formula is C17H19ClN2O3S. The second-order valence-corrected chi connectivity index (χ2v) is 7.68. The van der Waals surface area contributed by atoms with Gasteiger partial charge in [-0.15, -0.1) is 11.6 Å². The lowest BCUT2D eigenvalue weighted by atomic mass is 10.2. The smallest absolute Gasteiger partial charge is 0.242 e. The van der Waals surface area contributed by atoms with Crippen LogP contribution < -0.4 is 10.0 Å². The second kappa shape index (κ2) is 8.28. The van der Waals surface area contributed by atoms with Gasteiger partial charge in [-0.2, -0.15) is 0 Å². The van der Waals surface area contributed by atoms with Crippen molar-refractivity contribution in [2.45, 2.75) is 23.6 Å². The van der Waals surface area contributed by atoms with E-state index in [-0.39, 0.29) is 10.8 Å². The molecule has 1 unspecified atom stereocenters. The number of alkyl halides is 1. The fraction of sp³-hybridized carbons (Fsp3) is 0.235. The number of benzene rings is 2. The van der Waals surface area contributed by atoms with Gasteiger partial charge in [-0.3, -0.25) is 4.79 Å². The normalized spacial score (nSPS) is 12.6. The maximum Gasteiger partial charge on any atom is 0.242 e. The Kier molecular flexibility index (Phi) is 6.36. The number of amides is 1. The topological polar surface area (TPSA) is 75.3 Å². The molecule has 0 spiro atoms. The predicted octanol–water partition coefficient (Wildman–Crippen LogP) is 2.77. The van der Waals surface area contributed by atoms with E-state index in [4.69, 9.17) is 11.6 Å². The Bertz CT molecular complexity index is 775. The van der Waals surface area contributed by atoms with Crippen LogP contribution in [0.15, 0.2) is 59.5 Å². The summed E-state index contributed by atoms with van der Waals surface area (Å²) in [5.74, 6) is -0.340. The molecule has 0 aliphatic rings. The van der Waals surface area contributed by atoms with Gasteiger partial charge in [-0.25, -0.2) is 13.1 Å². The number of hydrogen-bond acceptors (Lipinski definition) is 3. The Labute approximate surface area is 147 Å². The molecule has 0 radical (unpaired) electrons. The molecule has 24 heavy (non-hydrogen) atoms. The van der Waals surface area contributed by atoms with Crippen LogP contribution in [-0.2, 0) is 21.2 Å². The van der Waals surface area contributed by atoms with E-state index in [9.17, 15) is 13.2 Å². The number of sulfonamides is 1. The quantitative estimate of drug-likeness (QED) is 0.740. The molecule has 0 bridgehead atoms. The first-order valence-corrected chi connectivity index (χ1v) is 9.39. The number of halogens is 1. The molecule has 0 fully saturated rings. The molecule has 1 atom stereocenters. The van der Waals surface area contributed by atoms with Crippen LogP contribution in [0.1, 0.15) is 12.5 Å². The maximum absolute atomic E-state index is 12.2. The van der Waals surface area contributed by atoms with Crippen molar-refractivity contribution in [1.29, 1.82) is 0 Å². The maximum atomic E-state index is 12.2. The minimum absolute atomic E-state index is 0.146. The zero-order valence-electron chi connectivity index (χ0n) is 13.2. The fourth-order valence-corrected chi connectivity index (χ4v) is 3.10. The molecule has 2 aromatic carbocycles. The highest BCUT2D eigenvalue weighted by Crippen LogP contribution is 2.15. The summed E-state index contributed by atoms with van der Waals surface area (Å²) in [4.78, 5) is 11.6. The van der Waals surface area contributed by atoms with Crippen molar-refractivity contribution >= 4 is 33.2 Å². The molecule has 0 aliphatic heterocycles. The highest BCUT2D eigenvalue weighted by atomic mass is 35.5. The summed E-state index contributed by atoms with van der Waals surface area (Å²) in [6, 6.07) is 15.6. The molecule has 0 saturated heterocycles. The number of hydrogen-bond donors (Lipinski definition) is 2. The minimum Gasteiger partial charge on any atom is -0.325 e. The van der Waals surface area contributed by atoms with Gasteiger partial charge in [0.05, 0.1) is 4.90 Å². The monoisotopic (exact) mass is 366 g/mol. The Morgan fingerprint density at radius 3 is 2.29 bits per heavy atom. The molecular weight excluding hydrogens is 348 g/mol. The molecule has 0 aromatic heterocycles. The molecule has 0 saturated carbocycles. The SMILES string of the molecule is CC(Cl)C(=O)Nc1ccc(S(=O)(=O)NCCc2ccccc2)cc1. The molecule has 128 valence electrons. The van der Waals surface area contributed by atoms with Crippen LogP contribution in [0, 0.1) is 0 Å². The third kappa shape index (κ3) is 5.33. The number of rotatable bonds is 7. The van der Waals surface area contributed by atoms with E-state index in [1.165, 1.54) is 24.3 Å². The van der Waals surface area contributed by atoms with Gasteiger partial charge in [0.2, 0.25) is 15.9 Å². The van der Waals surface area contributed by atoms with Crippen LogP contribution in [0.5, 0.6) is 0 Å². The van der Waals surface area contributed by atoms with E-state index in [1.54, 1.807) is 6.92 Å². The summed E-state index contributed by atoms with van der Waals surface area (Å²) in [6.07, 6.45) is 0.613. The van der Waals surface area contributed by atoms with Crippen LogP contribution in [0.2, 0.25) is 0 Å². The van der Waals surface area contributed by atoms with Crippen molar-refractivity contribution in [1.82, 2.24) is 4.72 Å². The summed E-state index contributed by atoms with van der Waals surface area (Å²) in [5.41, 5.74) is 1.56. The van der Waals surface area contributed by atoms with Gasteiger partial charge in [-0.05, 0) is 43.2 Å². The van der Waals surface area contributed by atoms with E-state index in [0.29, 0.717) is 18.7 Å². The average molecular weight is 367 g/mol. The molecule has 0 aliphatic carbocycles. The first-order valence-electron chi connectivity index (χ1n) is 7.47. The van der Waals surface area contributed by atoms with Gasteiger partial charge in [0.15, 0.2) is 0 Å². The van der Waals surface area contributed by atoms with Gasteiger partial charge >= 0.3 is 0 Å². The van der Waals surface area contributed by atoms with Crippen LogP contribution in [0.4, 0.5) is 5.69 Å².